The molecule has 158 valence electrons. The van der Waals surface area contributed by atoms with Crippen LogP contribution in [0.4, 0.5) is 5.00 Å². The fraction of sp³-hybridized carbons (Fsp3) is 0.429. The van der Waals surface area contributed by atoms with Crippen molar-refractivity contribution in [2.24, 2.45) is 16.5 Å². The number of carbonyl (C=O) groups is 1. The number of fused-ring (bicyclic) bond motifs is 1. The Hall–Kier alpha value is -1.93. The summed E-state index contributed by atoms with van der Waals surface area (Å²) >= 11 is 7.91. The molecule has 0 saturated heterocycles. The van der Waals surface area contributed by atoms with E-state index >= 15 is 0 Å². The Morgan fingerprint density at radius 2 is 1.93 bits per heavy atom. The van der Waals surface area contributed by atoms with E-state index in [0.717, 1.165) is 22.7 Å². The molecule has 3 unspecified atom stereocenters. The van der Waals surface area contributed by atoms with E-state index in [4.69, 9.17) is 27.1 Å². The van der Waals surface area contributed by atoms with Crippen LogP contribution in [0.5, 0.6) is 0 Å². The van der Waals surface area contributed by atoms with Crippen LogP contribution in [0.3, 0.4) is 0 Å². The Morgan fingerprint density at radius 3 is 2.45 bits per heavy atom. The van der Waals surface area contributed by atoms with E-state index in [9.17, 15) is 0 Å². The molecule has 3 rings (SSSR count). The number of nitrogens with one attached hydrogen (secondary N) is 1. The van der Waals surface area contributed by atoms with E-state index in [2.05, 4.69) is 43.6 Å². The monoisotopic (exact) mass is 435 g/mol. The van der Waals surface area contributed by atoms with Crippen LogP contribution in [-0.2, 0) is 4.79 Å². The third-order valence-electron chi connectivity index (χ3n) is 5.22. The Labute approximate surface area is 181 Å². The zero-order valence-corrected chi connectivity index (χ0v) is 19.1. The fourth-order valence-corrected chi connectivity index (χ4v) is 4.84. The van der Waals surface area contributed by atoms with Crippen LogP contribution in [-0.4, -0.2) is 37.5 Å². The minimum absolute atomic E-state index is 0.0239. The predicted molar refractivity (Wildman–Crippen MR) is 124 cm³/mol. The second kappa shape index (κ2) is 10.2. The molecule has 0 spiro atoms. The fourth-order valence-electron chi connectivity index (χ4n) is 3.43. The number of nitrogens with zero attached hydrogens (tertiary/aromatic N) is 2. The summed E-state index contributed by atoms with van der Waals surface area (Å²) in [6.45, 7) is 8.64. The number of benzene rings is 1. The van der Waals surface area contributed by atoms with Crippen molar-refractivity contribution in [3.63, 3.8) is 0 Å². The van der Waals surface area contributed by atoms with Crippen molar-refractivity contribution in [2.45, 2.75) is 52.5 Å². The first-order valence-electron chi connectivity index (χ1n) is 9.61. The number of amides is 1. The van der Waals surface area contributed by atoms with Crippen LogP contribution in [0.2, 0.25) is 5.02 Å². The number of anilines is 1. The number of halogens is 1. The van der Waals surface area contributed by atoms with Crippen LogP contribution in [0.25, 0.3) is 0 Å². The largest absolute Gasteiger partial charge is 0.372 e. The number of primary amides is 1. The molecule has 1 aromatic heterocycles. The molecule has 5 N–H and O–H groups in total. The molecule has 1 aromatic carbocycles. The smallest absolute Gasteiger partial charge is 0.204 e. The van der Waals surface area contributed by atoms with E-state index < -0.39 is 0 Å². The van der Waals surface area contributed by atoms with E-state index in [1.165, 1.54) is 21.0 Å². The quantitative estimate of drug-likeness (QED) is 0.641. The third-order valence-corrected chi connectivity index (χ3v) is 6.69. The van der Waals surface area contributed by atoms with Gasteiger partial charge in [-0.2, -0.15) is 0 Å². The highest BCUT2D eigenvalue weighted by Crippen LogP contribution is 2.41. The highest BCUT2D eigenvalue weighted by Gasteiger charge is 2.35. The van der Waals surface area contributed by atoms with Crippen molar-refractivity contribution in [3.8, 4) is 0 Å². The van der Waals surface area contributed by atoms with Gasteiger partial charge in [0.05, 0.1) is 17.9 Å². The first-order valence-corrected chi connectivity index (χ1v) is 10.8. The Balaban J connectivity index is 0.000000941. The molecule has 2 heterocycles. The summed E-state index contributed by atoms with van der Waals surface area (Å²) in [7, 11) is 1.97. The van der Waals surface area contributed by atoms with Crippen LogP contribution < -0.4 is 21.7 Å². The molecule has 0 radical (unpaired) electrons. The van der Waals surface area contributed by atoms with Crippen LogP contribution in [0.15, 0.2) is 29.3 Å². The molecule has 29 heavy (non-hydrogen) atoms. The minimum atomic E-state index is -0.177. The van der Waals surface area contributed by atoms with Crippen LogP contribution >= 0.6 is 22.9 Å². The average Bonchev–Trinajstić information content (AvgIpc) is 2.91. The van der Waals surface area contributed by atoms with Crippen LogP contribution in [0.1, 0.15) is 41.8 Å². The number of hydrogen-bond acceptors (Lipinski definition) is 6. The molecule has 1 aliphatic rings. The summed E-state index contributed by atoms with van der Waals surface area (Å²) in [6, 6.07) is 7.97. The molecule has 0 fully saturated rings. The lowest BCUT2D eigenvalue weighted by Gasteiger charge is -2.36. The first kappa shape index (κ1) is 23.3. The second-order valence-electron chi connectivity index (χ2n) is 6.92. The maximum absolute atomic E-state index is 8.58. The SMILES string of the molecule is CCC1N=C(c2ccc(Cl)cc2)c2c(sc(C)c2C)N(C(C)NC)C1N.NC=O. The molecule has 0 aliphatic carbocycles. The number of rotatable bonds is 4. The summed E-state index contributed by atoms with van der Waals surface area (Å²) in [6.07, 6.45) is 1.08. The standard InChI is InChI=1S/C20H27ClN4S.CH3NO/c1-6-16-19(22)25(13(4)23-5)20-17(11(2)12(3)26-20)18(24-16)14-7-9-15(21)10-8-14;2-1-3/h7-10,13,16,19,23H,6,22H2,1-5H3;1H,(H2,2,3). The summed E-state index contributed by atoms with van der Waals surface area (Å²) in [5, 5.41) is 5.28. The van der Waals surface area contributed by atoms with E-state index in [1.54, 1.807) is 11.3 Å². The lowest BCUT2D eigenvalue weighted by Crippen LogP contribution is -2.56. The number of aryl methyl sites for hydroxylation is 1. The Kier molecular flexibility index (Phi) is 8.22. The zero-order valence-electron chi connectivity index (χ0n) is 17.6. The van der Waals surface area contributed by atoms with Gasteiger partial charge in [-0.3, -0.25) is 9.79 Å². The molecule has 2 aromatic rings. The van der Waals surface area contributed by atoms with Gasteiger partial charge in [0.15, 0.2) is 0 Å². The maximum Gasteiger partial charge on any atom is 0.204 e. The molecular formula is C21H30ClN5OS. The van der Waals surface area contributed by atoms with Crippen LogP contribution in [0, 0.1) is 13.8 Å². The van der Waals surface area contributed by atoms with E-state index in [-0.39, 0.29) is 24.8 Å². The van der Waals surface area contributed by atoms with Gasteiger partial charge in [-0.05, 0) is 51.9 Å². The molecule has 8 heteroatoms. The molecule has 6 nitrogen and oxygen atoms in total. The van der Waals surface area contributed by atoms with E-state index in [0.29, 0.717) is 0 Å². The lowest BCUT2D eigenvalue weighted by molar-refractivity contribution is -0.106. The van der Waals surface area contributed by atoms with Crippen molar-refractivity contribution in [1.82, 2.24) is 5.32 Å². The van der Waals surface area contributed by atoms with Gasteiger partial charge < -0.3 is 21.7 Å². The number of aliphatic imine (C=N–C) groups is 1. The normalized spacial score (nSPS) is 19.4. The van der Waals surface area contributed by atoms with Crippen molar-refractivity contribution in [1.29, 1.82) is 0 Å². The zero-order chi connectivity index (χ0) is 21.7. The molecule has 3 atom stereocenters. The Bertz CT molecular complexity index is 865. The lowest BCUT2D eigenvalue weighted by atomic mass is 9.99. The second-order valence-corrected chi connectivity index (χ2v) is 8.56. The van der Waals surface area contributed by atoms with Gasteiger partial charge in [0.1, 0.15) is 11.2 Å². The van der Waals surface area contributed by atoms with Crippen molar-refractivity contribution in [2.75, 3.05) is 11.9 Å². The van der Waals surface area contributed by atoms with Gasteiger partial charge >= 0.3 is 0 Å². The van der Waals surface area contributed by atoms with Crippen molar-refractivity contribution in [3.05, 3.63) is 50.9 Å². The molecule has 1 aliphatic heterocycles. The van der Waals surface area contributed by atoms with Gasteiger partial charge in [0, 0.05) is 21.0 Å². The van der Waals surface area contributed by atoms with Gasteiger partial charge in [-0.1, -0.05) is 30.7 Å². The molecule has 1 amide bonds. The minimum Gasteiger partial charge on any atom is -0.372 e. The number of thiophene rings is 1. The van der Waals surface area contributed by atoms with Crippen molar-refractivity contribution < 1.29 is 4.79 Å². The van der Waals surface area contributed by atoms with Gasteiger partial charge in [0.2, 0.25) is 6.41 Å². The number of hydrogen-bond donors (Lipinski definition) is 3. The van der Waals surface area contributed by atoms with E-state index in [1.807, 2.05) is 31.3 Å². The third kappa shape index (κ3) is 4.80. The highest BCUT2D eigenvalue weighted by molar-refractivity contribution is 7.16. The summed E-state index contributed by atoms with van der Waals surface area (Å²) in [5.41, 5.74) is 15.5. The maximum atomic E-state index is 8.58. The number of nitrogens with two attached hydrogens (primary N) is 2. The Morgan fingerprint density at radius 1 is 1.34 bits per heavy atom. The highest BCUT2D eigenvalue weighted by atomic mass is 35.5. The van der Waals surface area contributed by atoms with Gasteiger partial charge in [-0.15, -0.1) is 11.3 Å². The summed E-state index contributed by atoms with van der Waals surface area (Å²) < 4.78 is 0. The molecule has 0 saturated carbocycles. The average molecular weight is 436 g/mol. The molecular weight excluding hydrogens is 406 g/mol. The van der Waals surface area contributed by atoms with Gasteiger partial charge in [0.25, 0.3) is 0 Å². The summed E-state index contributed by atoms with van der Waals surface area (Å²) in [5.74, 6) is 0. The summed E-state index contributed by atoms with van der Waals surface area (Å²) in [4.78, 5) is 17.3. The predicted octanol–water partition coefficient (Wildman–Crippen LogP) is 3.41. The molecule has 0 bridgehead atoms. The van der Waals surface area contributed by atoms with Gasteiger partial charge in [-0.25, -0.2) is 0 Å². The topological polar surface area (TPSA) is 96.7 Å². The first-order chi connectivity index (χ1) is 13.8. The number of carbonyl (C=O) groups excluding carboxylic acids is 1. The van der Waals surface area contributed by atoms with Crippen molar-refractivity contribution >= 4 is 40.1 Å².